The highest BCUT2D eigenvalue weighted by Gasteiger charge is 2.22. The van der Waals surface area contributed by atoms with Crippen LogP contribution in [0.2, 0.25) is 0 Å². The molecular weight excluding hydrogens is 220 g/mol. The van der Waals surface area contributed by atoms with Gasteiger partial charge >= 0.3 is 0 Å². The third kappa shape index (κ3) is 2.47. The highest BCUT2D eigenvalue weighted by molar-refractivity contribution is 5.55. The molecular formula is C16H24N2. The van der Waals surface area contributed by atoms with Crippen LogP contribution in [0.25, 0.3) is 0 Å². The maximum Gasteiger partial charge on any atom is 0.0367 e. The Hall–Kier alpha value is -1.18. The van der Waals surface area contributed by atoms with Gasteiger partial charge in [-0.15, -0.1) is 0 Å². The zero-order chi connectivity index (χ0) is 12.4. The Labute approximate surface area is 110 Å². The van der Waals surface area contributed by atoms with Crippen molar-refractivity contribution in [1.82, 2.24) is 0 Å². The number of rotatable bonds is 3. The average molecular weight is 244 g/mol. The molecule has 1 aromatic rings. The van der Waals surface area contributed by atoms with Gasteiger partial charge in [-0.3, -0.25) is 0 Å². The molecule has 1 saturated heterocycles. The van der Waals surface area contributed by atoms with Crippen LogP contribution >= 0.6 is 0 Å². The van der Waals surface area contributed by atoms with Gasteiger partial charge in [-0.05, 0) is 55.9 Å². The smallest absolute Gasteiger partial charge is 0.0367 e. The highest BCUT2D eigenvalue weighted by Crippen LogP contribution is 2.29. The maximum atomic E-state index is 3.69. The molecule has 0 spiro atoms. The van der Waals surface area contributed by atoms with Gasteiger partial charge in [0, 0.05) is 30.5 Å². The predicted octanol–water partition coefficient (Wildman–Crippen LogP) is 3.89. The molecule has 2 atom stereocenters. The summed E-state index contributed by atoms with van der Waals surface area (Å²) in [7, 11) is 0. The summed E-state index contributed by atoms with van der Waals surface area (Å²) in [5.41, 5.74) is 2.68. The number of hydrogen-bond acceptors (Lipinski definition) is 2. The summed E-state index contributed by atoms with van der Waals surface area (Å²) < 4.78 is 0. The van der Waals surface area contributed by atoms with E-state index < -0.39 is 0 Å². The first-order valence-electron chi connectivity index (χ1n) is 7.44. The summed E-state index contributed by atoms with van der Waals surface area (Å²) in [4.78, 5) is 2.49. The molecule has 1 saturated carbocycles. The third-order valence-corrected chi connectivity index (χ3v) is 4.55. The van der Waals surface area contributed by atoms with Crippen molar-refractivity contribution < 1.29 is 0 Å². The second kappa shape index (κ2) is 5.21. The minimum Gasteiger partial charge on any atom is -0.382 e. The van der Waals surface area contributed by atoms with E-state index in [0.717, 1.165) is 5.92 Å². The second-order valence-electron chi connectivity index (χ2n) is 5.90. The quantitative estimate of drug-likeness (QED) is 0.868. The largest absolute Gasteiger partial charge is 0.382 e. The minimum absolute atomic E-state index is 0.683. The van der Waals surface area contributed by atoms with Crippen molar-refractivity contribution in [3.05, 3.63) is 24.3 Å². The van der Waals surface area contributed by atoms with Gasteiger partial charge in [0.15, 0.2) is 0 Å². The SMILES string of the molecule is CC1CCCC1Nc1ccc(N2CCCC2)cc1. The van der Waals surface area contributed by atoms with Crippen LogP contribution in [0, 0.1) is 5.92 Å². The Bertz CT molecular complexity index is 379. The molecule has 2 nitrogen and oxygen atoms in total. The second-order valence-corrected chi connectivity index (χ2v) is 5.90. The van der Waals surface area contributed by atoms with Crippen LogP contribution in [-0.4, -0.2) is 19.1 Å². The fourth-order valence-corrected chi connectivity index (χ4v) is 3.32. The molecule has 1 heterocycles. The van der Waals surface area contributed by atoms with E-state index in [-0.39, 0.29) is 0 Å². The van der Waals surface area contributed by atoms with Crippen LogP contribution in [0.15, 0.2) is 24.3 Å². The molecule has 1 aliphatic carbocycles. The van der Waals surface area contributed by atoms with Crippen molar-refractivity contribution in [2.75, 3.05) is 23.3 Å². The van der Waals surface area contributed by atoms with Crippen molar-refractivity contribution in [2.45, 2.75) is 45.1 Å². The van der Waals surface area contributed by atoms with Crippen molar-refractivity contribution in [1.29, 1.82) is 0 Å². The van der Waals surface area contributed by atoms with Crippen LogP contribution in [0.1, 0.15) is 39.0 Å². The highest BCUT2D eigenvalue weighted by atomic mass is 15.1. The van der Waals surface area contributed by atoms with Gasteiger partial charge in [-0.25, -0.2) is 0 Å². The third-order valence-electron chi connectivity index (χ3n) is 4.55. The van der Waals surface area contributed by atoms with Crippen LogP contribution < -0.4 is 10.2 Å². The zero-order valence-corrected chi connectivity index (χ0v) is 11.4. The number of benzene rings is 1. The standard InChI is InChI=1S/C16H24N2/c1-13-5-4-6-16(13)17-14-7-9-15(10-8-14)18-11-2-3-12-18/h7-10,13,16-17H,2-6,11-12H2,1H3. The molecule has 1 N–H and O–H groups in total. The van der Waals surface area contributed by atoms with Crippen molar-refractivity contribution >= 4 is 11.4 Å². The first kappa shape index (κ1) is 11.9. The number of nitrogens with one attached hydrogen (secondary N) is 1. The maximum absolute atomic E-state index is 3.69. The van der Waals surface area contributed by atoms with E-state index >= 15 is 0 Å². The van der Waals surface area contributed by atoms with E-state index in [9.17, 15) is 0 Å². The molecule has 18 heavy (non-hydrogen) atoms. The minimum atomic E-state index is 0.683. The van der Waals surface area contributed by atoms with E-state index in [0.29, 0.717) is 6.04 Å². The molecule has 2 aliphatic rings. The normalized spacial score (nSPS) is 27.7. The Morgan fingerprint density at radius 1 is 1.00 bits per heavy atom. The first-order chi connectivity index (χ1) is 8.83. The molecule has 2 fully saturated rings. The Kier molecular flexibility index (Phi) is 3.44. The van der Waals surface area contributed by atoms with E-state index in [1.54, 1.807) is 0 Å². The summed E-state index contributed by atoms with van der Waals surface area (Å²) >= 11 is 0. The van der Waals surface area contributed by atoms with E-state index in [4.69, 9.17) is 0 Å². The van der Waals surface area contributed by atoms with Gasteiger partial charge in [0.05, 0.1) is 0 Å². The summed E-state index contributed by atoms with van der Waals surface area (Å²) in [6, 6.07) is 9.72. The summed E-state index contributed by atoms with van der Waals surface area (Å²) in [5.74, 6) is 0.822. The monoisotopic (exact) mass is 244 g/mol. The molecule has 1 aliphatic heterocycles. The fraction of sp³-hybridized carbons (Fsp3) is 0.625. The Balaban J connectivity index is 1.63. The molecule has 1 aromatic carbocycles. The average Bonchev–Trinajstić information content (AvgIpc) is 3.03. The number of anilines is 2. The van der Waals surface area contributed by atoms with Gasteiger partial charge in [0.1, 0.15) is 0 Å². The number of hydrogen-bond donors (Lipinski definition) is 1. The molecule has 0 aromatic heterocycles. The topological polar surface area (TPSA) is 15.3 Å². The predicted molar refractivity (Wildman–Crippen MR) is 78.3 cm³/mol. The Morgan fingerprint density at radius 3 is 2.33 bits per heavy atom. The van der Waals surface area contributed by atoms with Crippen LogP contribution in [0.5, 0.6) is 0 Å². The Morgan fingerprint density at radius 2 is 1.72 bits per heavy atom. The van der Waals surface area contributed by atoms with Crippen molar-refractivity contribution in [3.63, 3.8) is 0 Å². The summed E-state index contributed by atoms with van der Waals surface area (Å²) in [6.45, 7) is 4.82. The van der Waals surface area contributed by atoms with Crippen LogP contribution in [0.4, 0.5) is 11.4 Å². The molecule has 0 amide bonds. The molecule has 3 rings (SSSR count). The van der Waals surface area contributed by atoms with Gasteiger partial charge in [-0.1, -0.05) is 13.3 Å². The van der Waals surface area contributed by atoms with Crippen LogP contribution in [0.3, 0.4) is 0 Å². The van der Waals surface area contributed by atoms with Gasteiger partial charge in [0.25, 0.3) is 0 Å². The molecule has 0 bridgehead atoms. The first-order valence-corrected chi connectivity index (χ1v) is 7.44. The lowest BCUT2D eigenvalue weighted by Gasteiger charge is -2.21. The van der Waals surface area contributed by atoms with E-state index in [2.05, 4.69) is 41.4 Å². The lowest BCUT2D eigenvalue weighted by Crippen LogP contribution is -2.22. The fourth-order valence-electron chi connectivity index (χ4n) is 3.32. The lowest BCUT2D eigenvalue weighted by atomic mass is 10.1. The van der Waals surface area contributed by atoms with Gasteiger partial charge in [0.2, 0.25) is 0 Å². The number of nitrogens with zero attached hydrogens (tertiary/aromatic N) is 1. The molecule has 98 valence electrons. The van der Waals surface area contributed by atoms with Gasteiger partial charge < -0.3 is 10.2 Å². The lowest BCUT2D eigenvalue weighted by molar-refractivity contribution is 0.556. The molecule has 2 heteroatoms. The van der Waals surface area contributed by atoms with Crippen LogP contribution in [-0.2, 0) is 0 Å². The van der Waals surface area contributed by atoms with Gasteiger partial charge in [-0.2, -0.15) is 0 Å². The summed E-state index contributed by atoms with van der Waals surface area (Å²) in [5, 5.41) is 3.69. The zero-order valence-electron chi connectivity index (χ0n) is 11.4. The van der Waals surface area contributed by atoms with E-state index in [1.807, 2.05) is 0 Å². The summed E-state index contributed by atoms with van der Waals surface area (Å²) in [6.07, 6.45) is 6.78. The van der Waals surface area contributed by atoms with E-state index in [1.165, 1.54) is 56.6 Å². The molecule has 0 radical (unpaired) electrons. The van der Waals surface area contributed by atoms with Crippen molar-refractivity contribution in [3.8, 4) is 0 Å². The molecule has 2 unspecified atom stereocenters. The van der Waals surface area contributed by atoms with Crippen molar-refractivity contribution in [2.24, 2.45) is 5.92 Å².